The molecule has 1 N–H and O–H groups in total. The van der Waals surface area contributed by atoms with Crippen LogP contribution in [0.1, 0.15) is 11.1 Å². The van der Waals surface area contributed by atoms with Gasteiger partial charge in [0.2, 0.25) is 0 Å². The van der Waals surface area contributed by atoms with Gasteiger partial charge in [-0.2, -0.15) is 0 Å². The molecule has 15 heavy (non-hydrogen) atoms. The van der Waals surface area contributed by atoms with Gasteiger partial charge >= 0.3 is 0 Å². The molecule has 0 fully saturated rings. The summed E-state index contributed by atoms with van der Waals surface area (Å²) < 4.78 is 0. The maximum atomic E-state index is 3.41. The molecule has 0 saturated carbocycles. The SMILES string of the molecule is c1ccc(Nc2ccc3c(c2)CC3)cc1. The molecule has 1 heteroatoms. The average molecular weight is 195 g/mol. The monoisotopic (exact) mass is 195 g/mol. The molecule has 1 aliphatic carbocycles. The Kier molecular flexibility index (Phi) is 1.95. The van der Waals surface area contributed by atoms with E-state index in [0.29, 0.717) is 0 Å². The molecule has 1 aliphatic rings. The second-order valence-electron chi connectivity index (χ2n) is 3.97. The zero-order valence-electron chi connectivity index (χ0n) is 8.53. The lowest BCUT2D eigenvalue weighted by Crippen LogP contribution is -2.08. The Bertz CT molecular complexity index is 474. The van der Waals surface area contributed by atoms with Gasteiger partial charge in [0.1, 0.15) is 0 Å². The van der Waals surface area contributed by atoms with Crippen LogP contribution in [0, 0.1) is 0 Å². The predicted molar refractivity (Wildman–Crippen MR) is 63.6 cm³/mol. The number of benzene rings is 2. The first-order valence-corrected chi connectivity index (χ1v) is 5.36. The summed E-state index contributed by atoms with van der Waals surface area (Å²) in [6.45, 7) is 0. The van der Waals surface area contributed by atoms with Crippen LogP contribution in [-0.2, 0) is 12.8 Å². The van der Waals surface area contributed by atoms with Gasteiger partial charge in [0, 0.05) is 11.4 Å². The highest BCUT2D eigenvalue weighted by Gasteiger charge is 2.12. The normalized spacial score (nSPS) is 12.8. The Morgan fingerprint density at radius 2 is 1.53 bits per heavy atom. The van der Waals surface area contributed by atoms with Crippen molar-refractivity contribution in [2.45, 2.75) is 12.8 Å². The highest BCUT2D eigenvalue weighted by atomic mass is 14.9. The standard InChI is InChI=1S/C14H13N/c1-2-4-13(5-3-1)15-14-9-8-11-6-7-12(11)10-14/h1-5,8-10,15H,6-7H2. The Balaban J connectivity index is 1.85. The van der Waals surface area contributed by atoms with E-state index in [4.69, 9.17) is 0 Å². The molecular formula is C14H13N. The molecule has 0 atom stereocenters. The van der Waals surface area contributed by atoms with Gasteiger partial charge in [-0.15, -0.1) is 0 Å². The third-order valence-corrected chi connectivity index (χ3v) is 2.93. The third kappa shape index (κ3) is 1.61. The van der Waals surface area contributed by atoms with E-state index in [-0.39, 0.29) is 0 Å². The third-order valence-electron chi connectivity index (χ3n) is 2.93. The molecule has 1 nitrogen and oxygen atoms in total. The van der Waals surface area contributed by atoms with E-state index < -0.39 is 0 Å². The lowest BCUT2D eigenvalue weighted by Gasteiger charge is -2.19. The molecule has 0 heterocycles. The summed E-state index contributed by atoms with van der Waals surface area (Å²) in [4.78, 5) is 0. The van der Waals surface area contributed by atoms with Gasteiger partial charge in [-0.25, -0.2) is 0 Å². The van der Waals surface area contributed by atoms with Gasteiger partial charge in [-0.3, -0.25) is 0 Å². The van der Waals surface area contributed by atoms with Crippen molar-refractivity contribution in [1.29, 1.82) is 0 Å². The number of fused-ring (bicyclic) bond motifs is 1. The molecule has 0 radical (unpaired) electrons. The smallest absolute Gasteiger partial charge is 0.0387 e. The number of nitrogens with one attached hydrogen (secondary N) is 1. The first-order chi connectivity index (χ1) is 7.42. The highest BCUT2D eigenvalue weighted by molar-refractivity contribution is 5.61. The van der Waals surface area contributed by atoms with Gasteiger partial charge in [0.15, 0.2) is 0 Å². The van der Waals surface area contributed by atoms with Crippen LogP contribution in [0.15, 0.2) is 48.5 Å². The molecule has 0 unspecified atom stereocenters. The maximum Gasteiger partial charge on any atom is 0.0387 e. The van der Waals surface area contributed by atoms with E-state index in [1.165, 1.54) is 29.7 Å². The van der Waals surface area contributed by atoms with Gasteiger partial charge in [-0.05, 0) is 48.2 Å². The lowest BCUT2D eigenvalue weighted by atomic mass is 9.88. The van der Waals surface area contributed by atoms with Crippen molar-refractivity contribution >= 4 is 11.4 Å². The summed E-state index contributed by atoms with van der Waals surface area (Å²) >= 11 is 0. The molecule has 3 rings (SSSR count). The van der Waals surface area contributed by atoms with Gasteiger partial charge in [-0.1, -0.05) is 24.3 Å². The number of aryl methyl sites for hydroxylation is 2. The summed E-state index contributed by atoms with van der Waals surface area (Å²) in [6, 6.07) is 16.9. The highest BCUT2D eigenvalue weighted by Crippen LogP contribution is 2.27. The van der Waals surface area contributed by atoms with Crippen LogP contribution in [0.2, 0.25) is 0 Å². The van der Waals surface area contributed by atoms with Crippen LogP contribution in [0.25, 0.3) is 0 Å². The van der Waals surface area contributed by atoms with E-state index in [1.54, 1.807) is 0 Å². The summed E-state index contributed by atoms with van der Waals surface area (Å²) in [6.07, 6.45) is 2.49. The zero-order valence-corrected chi connectivity index (χ0v) is 8.53. The van der Waals surface area contributed by atoms with Crippen molar-refractivity contribution in [3.05, 3.63) is 59.7 Å². The topological polar surface area (TPSA) is 12.0 Å². The summed E-state index contributed by atoms with van der Waals surface area (Å²) in [5, 5.41) is 3.41. The Morgan fingerprint density at radius 1 is 0.733 bits per heavy atom. The molecular weight excluding hydrogens is 182 g/mol. The van der Waals surface area contributed by atoms with E-state index in [2.05, 4.69) is 35.6 Å². The fourth-order valence-corrected chi connectivity index (χ4v) is 1.96. The number of para-hydroxylation sites is 1. The number of hydrogen-bond acceptors (Lipinski definition) is 1. The molecule has 74 valence electrons. The summed E-state index contributed by atoms with van der Waals surface area (Å²) in [5.41, 5.74) is 5.35. The van der Waals surface area contributed by atoms with Crippen LogP contribution < -0.4 is 5.32 Å². The van der Waals surface area contributed by atoms with Crippen LogP contribution in [0.4, 0.5) is 11.4 Å². The summed E-state index contributed by atoms with van der Waals surface area (Å²) in [5.74, 6) is 0. The van der Waals surface area contributed by atoms with E-state index in [9.17, 15) is 0 Å². The molecule has 0 spiro atoms. The van der Waals surface area contributed by atoms with E-state index in [1.807, 2.05) is 18.2 Å². The zero-order chi connectivity index (χ0) is 10.1. The van der Waals surface area contributed by atoms with Gasteiger partial charge in [0.25, 0.3) is 0 Å². The largest absolute Gasteiger partial charge is 0.356 e. The second kappa shape index (κ2) is 3.43. The predicted octanol–water partition coefficient (Wildman–Crippen LogP) is 3.53. The van der Waals surface area contributed by atoms with E-state index >= 15 is 0 Å². The van der Waals surface area contributed by atoms with Crippen molar-refractivity contribution in [2.24, 2.45) is 0 Å². The maximum absolute atomic E-state index is 3.41. The van der Waals surface area contributed by atoms with Gasteiger partial charge < -0.3 is 5.32 Å². The lowest BCUT2D eigenvalue weighted by molar-refractivity contribution is 0.840. The van der Waals surface area contributed by atoms with Crippen LogP contribution in [-0.4, -0.2) is 0 Å². The molecule has 2 aromatic carbocycles. The van der Waals surface area contributed by atoms with E-state index in [0.717, 1.165) is 5.69 Å². The van der Waals surface area contributed by atoms with Crippen molar-refractivity contribution in [1.82, 2.24) is 0 Å². The van der Waals surface area contributed by atoms with Crippen LogP contribution in [0.5, 0.6) is 0 Å². The minimum Gasteiger partial charge on any atom is -0.356 e. The Labute approximate surface area is 89.8 Å². The first kappa shape index (κ1) is 8.54. The number of hydrogen-bond donors (Lipinski definition) is 1. The average Bonchev–Trinajstić information content (AvgIpc) is 2.24. The van der Waals surface area contributed by atoms with Crippen LogP contribution >= 0.6 is 0 Å². The first-order valence-electron chi connectivity index (χ1n) is 5.36. The molecule has 0 saturated heterocycles. The minimum atomic E-state index is 1.15. The van der Waals surface area contributed by atoms with Crippen LogP contribution in [0.3, 0.4) is 0 Å². The van der Waals surface area contributed by atoms with Crippen molar-refractivity contribution in [3.63, 3.8) is 0 Å². The second-order valence-corrected chi connectivity index (χ2v) is 3.97. The molecule has 0 bridgehead atoms. The molecule has 0 aliphatic heterocycles. The minimum absolute atomic E-state index is 1.15. The van der Waals surface area contributed by atoms with Gasteiger partial charge in [0.05, 0.1) is 0 Å². The Morgan fingerprint density at radius 3 is 2.20 bits per heavy atom. The van der Waals surface area contributed by atoms with Crippen molar-refractivity contribution < 1.29 is 0 Å². The fraction of sp³-hybridized carbons (Fsp3) is 0.143. The molecule has 2 aromatic rings. The molecule has 0 aromatic heterocycles. The van der Waals surface area contributed by atoms with Crippen molar-refractivity contribution in [2.75, 3.05) is 5.32 Å². The Hall–Kier alpha value is -1.76. The fourth-order valence-electron chi connectivity index (χ4n) is 1.96. The number of anilines is 2. The van der Waals surface area contributed by atoms with Crippen molar-refractivity contribution in [3.8, 4) is 0 Å². The summed E-state index contributed by atoms with van der Waals surface area (Å²) in [7, 11) is 0. The molecule has 0 amide bonds. The number of rotatable bonds is 2. The quantitative estimate of drug-likeness (QED) is 0.773.